The van der Waals surface area contributed by atoms with Crippen LogP contribution in [0.15, 0.2) is 30.3 Å². The number of nitrogens with two attached hydrogens (primary N) is 1. The second-order valence-electron chi connectivity index (χ2n) is 4.17. The molecule has 1 aliphatic rings. The molecule has 1 aliphatic heterocycles. The Hall–Kier alpha value is -1.72. The molecule has 0 aliphatic carbocycles. The van der Waals surface area contributed by atoms with E-state index in [4.69, 9.17) is 27.4 Å². The quantitative estimate of drug-likeness (QED) is 0.850. The average Bonchev–Trinajstić information content (AvgIpc) is 2.32. The summed E-state index contributed by atoms with van der Waals surface area (Å²) in [7, 11) is 0. The topological polar surface area (TPSA) is 57.4 Å². The van der Waals surface area contributed by atoms with Gasteiger partial charge in [-0.05, 0) is 6.07 Å². The Morgan fingerprint density at radius 2 is 2.17 bits per heavy atom. The van der Waals surface area contributed by atoms with Crippen molar-refractivity contribution in [2.24, 2.45) is 5.73 Å². The van der Waals surface area contributed by atoms with Gasteiger partial charge in [0.05, 0.1) is 18.7 Å². The molecular formula is C13H12N2O2S. The van der Waals surface area contributed by atoms with Crippen LogP contribution in [0.1, 0.15) is 5.56 Å². The van der Waals surface area contributed by atoms with Crippen molar-refractivity contribution in [3.8, 4) is 5.88 Å². The molecule has 2 aromatic rings. The first-order valence-corrected chi connectivity index (χ1v) is 6.09. The zero-order valence-electron chi connectivity index (χ0n) is 9.63. The van der Waals surface area contributed by atoms with Crippen LogP contribution in [-0.2, 0) is 4.74 Å². The van der Waals surface area contributed by atoms with E-state index in [1.165, 1.54) is 0 Å². The molecule has 0 unspecified atom stereocenters. The molecule has 1 saturated heterocycles. The van der Waals surface area contributed by atoms with Crippen molar-refractivity contribution in [2.75, 3.05) is 13.2 Å². The molecule has 1 aromatic carbocycles. The second kappa shape index (κ2) is 4.51. The van der Waals surface area contributed by atoms with Crippen LogP contribution in [0.25, 0.3) is 10.9 Å². The summed E-state index contributed by atoms with van der Waals surface area (Å²) in [6.07, 6.45) is 0.0814. The number of hydrogen-bond acceptors (Lipinski definition) is 4. The number of pyridine rings is 1. The van der Waals surface area contributed by atoms with Crippen LogP contribution in [0.5, 0.6) is 5.88 Å². The highest BCUT2D eigenvalue weighted by atomic mass is 32.1. The van der Waals surface area contributed by atoms with E-state index in [0.29, 0.717) is 24.1 Å². The summed E-state index contributed by atoms with van der Waals surface area (Å²) in [6, 6.07) is 9.53. The van der Waals surface area contributed by atoms with E-state index in [9.17, 15) is 0 Å². The summed E-state index contributed by atoms with van der Waals surface area (Å²) >= 11 is 5.07. The Kier molecular flexibility index (Phi) is 2.85. The molecule has 18 heavy (non-hydrogen) atoms. The number of thiocarbonyl (C=S) groups is 1. The van der Waals surface area contributed by atoms with Gasteiger partial charge in [-0.15, -0.1) is 0 Å². The Balaban J connectivity index is 2.07. The van der Waals surface area contributed by atoms with Crippen molar-refractivity contribution >= 4 is 28.1 Å². The zero-order chi connectivity index (χ0) is 12.5. The fourth-order valence-corrected chi connectivity index (χ4v) is 2.04. The van der Waals surface area contributed by atoms with Gasteiger partial charge in [-0.2, -0.15) is 0 Å². The number of fused-ring (bicyclic) bond motifs is 1. The number of aromatic nitrogens is 1. The number of para-hydroxylation sites is 1. The molecule has 0 amide bonds. The number of ether oxygens (including phenoxy) is 2. The number of rotatable bonds is 3. The summed E-state index contributed by atoms with van der Waals surface area (Å²) in [5.74, 6) is 0.546. The first-order chi connectivity index (χ1) is 8.74. The maximum Gasteiger partial charge on any atom is 0.214 e. The van der Waals surface area contributed by atoms with Crippen molar-refractivity contribution in [2.45, 2.75) is 6.10 Å². The lowest BCUT2D eigenvalue weighted by molar-refractivity contribution is -0.0812. The predicted molar refractivity (Wildman–Crippen MR) is 72.9 cm³/mol. The standard InChI is InChI=1S/C13H12N2O2S/c14-13(18)10-5-12(17-8-6-16-7-8)15-11-4-2-1-3-9(10)11/h1-5,8H,6-7H2,(H2,14,18). The van der Waals surface area contributed by atoms with Gasteiger partial charge in [0, 0.05) is 17.0 Å². The Morgan fingerprint density at radius 1 is 1.39 bits per heavy atom. The predicted octanol–water partition coefficient (Wildman–Crippen LogP) is 1.65. The third-order valence-corrected chi connectivity index (χ3v) is 3.07. The van der Waals surface area contributed by atoms with Gasteiger partial charge < -0.3 is 15.2 Å². The van der Waals surface area contributed by atoms with Crippen LogP contribution >= 0.6 is 12.2 Å². The van der Waals surface area contributed by atoms with E-state index in [2.05, 4.69) is 4.98 Å². The minimum absolute atomic E-state index is 0.0814. The minimum Gasteiger partial charge on any atom is -0.469 e. The summed E-state index contributed by atoms with van der Waals surface area (Å²) < 4.78 is 10.8. The molecule has 1 aromatic heterocycles. The van der Waals surface area contributed by atoms with Crippen LogP contribution in [0.3, 0.4) is 0 Å². The summed E-state index contributed by atoms with van der Waals surface area (Å²) in [6.45, 7) is 1.22. The lowest BCUT2D eigenvalue weighted by Gasteiger charge is -2.26. The van der Waals surface area contributed by atoms with Gasteiger partial charge in [0.15, 0.2) is 0 Å². The first-order valence-electron chi connectivity index (χ1n) is 5.68. The molecule has 4 nitrogen and oxygen atoms in total. The monoisotopic (exact) mass is 260 g/mol. The Bertz CT molecular complexity index is 611. The molecule has 0 spiro atoms. The van der Waals surface area contributed by atoms with Crippen molar-refractivity contribution in [1.29, 1.82) is 0 Å². The zero-order valence-corrected chi connectivity index (χ0v) is 10.4. The van der Waals surface area contributed by atoms with Gasteiger partial charge in [0.1, 0.15) is 11.1 Å². The molecule has 1 fully saturated rings. The molecular weight excluding hydrogens is 248 g/mol. The Morgan fingerprint density at radius 3 is 2.83 bits per heavy atom. The fourth-order valence-electron chi connectivity index (χ4n) is 1.87. The van der Waals surface area contributed by atoms with Crippen molar-refractivity contribution < 1.29 is 9.47 Å². The van der Waals surface area contributed by atoms with Gasteiger partial charge in [-0.3, -0.25) is 0 Å². The van der Waals surface area contributed by atoms with Crippen molar-refractivity contribution in [3.63, 3.8) is 0 Å². The molecule has 2 N–H and O–H groups in total. The van der Waals surface area contributed by atoms with E-state index in [1.807, 2.05) is 24.3 Å². The molecule has 0 radical (unpaired) electrons. The van der Waals surface area contributed by atoms with Gasteiger partial charge in [0.25, 0.3) is 0 Å². The number of benzene rings is 1. The minimum atomic E-state index is 0.0814. The van der Waals surface area contributed by atoms with Crippen LogP contribution in [0.2, 0.25) is 0 Å². The van der Waals surface area contributed by atoms with Crippen LogP contribution in [-0.4, -0.2) is 29.3 Å². The van der Waals surface area contributed by atoms with Crippen molar-refractivity contribution in [1.82, 2.24) is 4.98 Å². The molecule has 0 bridgehead atoms. The third-order valence-electron chi connectivity index (χ3n) is 2.85. The van der Waals surface area contributed by atoms with E-state index in [0.717, 1.165) is 16.5 Å². The molecule has 0 saturated carbocycles. The van der Waals surface area contributed by atoms with E-state index >= 15 is 0 Å². The Labute approximate surface area is 110 Å². The van der Waals surface area contributed by atoms with Gasteiger partial charge in [0.2, 0.25) is 5.88 Å². The summed E-state index contributed by atoms with van der Waals surface area (Å²) in [4.78, 5) is 4.80. The highest BCUT2D eigenvalue weighted by Crippen LogP contribution is 2.23. The molecule has 0 atom stereocenters. The van der Waals surface area contributed by atoms with E-state index in [1.54, 1.807) is 6.07 Å². The van der Waals surface area contributed by atoms with Gasteiger partial charge >= 0.3 is 0 Å². The fraction of sp³-hybridized carbons (Fsp3) is 0.231. The van der Waals surface area contributed by atoms with Crippen LogP contribution in [0, 0.1) is 0 Å². The van der Waals surface area contributed by atoms with Crippen molar-refractivity contribution in [3.05, 3.63) is 35.9 Å². The van der Waals surface area contributed by atoms with Gasteiger partial charge in [-0.1, -0.05) is 30.4 Å². The highest BCUT2D eigenvalue weighted by molar-refractivity contribution is 7.80. The maximum absolute atomic E-state index is 5.75. The SMILES string of the molecule is NC(=S)c1cc(OC2COC2)nc2ccccc12. The highest BCUT2D eigenvalue weighted by Gasteiger charge is 2.21. The summed E-state index contributed by atoms with van der Waals surface area (Å²) in [5.41, 5.74) is 7.38. The third kappa shape index (κ3) is 2.02. The lowest BCUT2D eigenvalue weighted by atomic mass is 10.1. The first kappa shape index (κ1) is 11.4. The normalized spacial score (nSPS) is 15.3. The van der Waals surface area contributed by atoms with Crippen LogP contribution in [0.4, 0.5) is 0 Å². The lowest BCUT2D eigenvalue weighted by Crippen LogP contribution is -2.38. The smallest absolute Gasteiger partial charge is 0.214 e. The molecule has 5 heteroatoms. The number of nitrogens with zero attached hydrogens (tertiary/aromatic N) is 1. The van der Waals surface area contributed by atoms with E-state index in [-0.39, 0.29) is 6.10 Å². The van der Waals surface area contributed by atoms with Crippen LogP contribution < -0.4 is 10.5 Å². The summed E-state index contributed by atoms with van der Waals surface area (Å²) in [5, 5.41) is 0.946. The van der Waals surface area contributed by atoms with E-state index < -0.39 is 0 Å². The molecule has 92 valence electrons. The molecule has 2 heterocycles. The second-order valence-corrected chi connectivity index (χ2v) is 4.61. The molecule has 3 rings (SSSR count). The maximum atomic E-state index is 5.75. The largest absolute Gasteiger partial charge is 0.469 e. The van der Waals surface area contributed by atoms with Gasteiger partial charge in [-0.25, -0.2) is 4.98 Å². The average molecular weight is 260 g/mol. The number of hydrogen-bond donors (Lipinski definition) is 1.